The molecule has 1 heterocycles. The van der Waals surface area contributed by atoms with E-state index in [4.69, 9.17) is 21.3 Å². The molecule has 5 heteroatoms. The number of aromatic hydroxyl groups is 1. The molecule has 1 N–H and O–H groups in total. The van der Waals surface area contributed by atoms with E-state index >= 15 is 0 Å². The van der Waals surface area contributed by atoms with Crippen LogP contribution in [0, 0.1) is 13.8 Å². The van der Waals surface area contributed by atoms with Gasteiger partial charge in [-0.05, 0) is 49.2 Å². The predicted molar refractivity (Wildman–Crippen MR) is 121 cm³/mol. The molecule has 29 heavy (non-hydrogen) atoms. The van der Waals surface area contributed by atoms with Crippen molar-refractivity contribution in [3.63, 3.8) is 0 Å². The zero-order chi connectivity index (χ0) is 20.5. The van der Waals surface area contributed by atoms with E-state index in [1.165, 1.54) is 11.1 Å². The van der Waals surface area contributed by atoms with Gasteiger partial charge in [0, 0.05) is 22.3 Å². The van der Waals surface area contributed by atoms with Crippen LogP contribution in [0.3, 0.4) is 0 Å². The number of nitrogens with zero attached hydrogens (tertiary/aromatic N) is 1. The van der Waals surface area contributed by atoms with Crippen LogP contribution >= 0.6 is 23.4 Å². The highest BCUT2D eigenvalue weighted by Gasteiger charge is 2.26. The number of thioether (sulfide) groups is 1. The Hall–Kier alpha value is -2.43. The summed E-state index contributed by atoms with van der Waals surface area (Å²) in [5.74, 6) is 1.01. The van der Waals surface area contributed by atoms with Gasteiger partial charge in [-0.2, -0.15) is 0 Å². The van der Waals surface area contributed by atoms with Gasteiger partial charge in [0.2, 0.25) is 0 Å². The Bertz CT molecular complexity index is 1090. The number of aryl methyl sites for hydroxylation is 2. The second-order valence-electron chi connectivity index (χ2n) is 7.21. The lowest BCUT2D eigenvalue weighted by Crippen LogP contribution is -2.06. The van der Waals surface area contributed by atoms with Crippen LogP contribution in [0.25, 0.3) is 0 Å². The third kappa shape index (κ3) is 4.00. The number of aliphatic imine (C=N–C) groups is 1. The second kappa shape index (κ2) is 8.13. The molecule has 148 valence electrons. The number of halogens is 1. The van der Waals surface area contributed by atoms with Gasteiger partial charge in [0.15, 0.2) is 0 Å². The largest absolute Gasteiger partial charge is 0.507 e. The third-order valence-corrected chi connectivity index (χ3v) is 6.89. The first-order valence-corrected chi connectivity index (χ1v) is 10.7. The fraction of sp³-hybridized carbons (Fsp3) is 0.208. The predicted octanol–water partition coefficient (Wildman–Crippen LogP) is 7.03. The van der Waals surface area contributed by atoms with Crippen molar-refractivity contribution in [1.29, 1.82) is 0 Å². The molecule has 0 saturated heterocycles. The van der Waals surface area contributed by atoms with E-state index in [2.05, 4.69) is 31.2 Å². The highest BCUT2D eigenvalue weighted by atomic mass is 35.5. The van der Waals surface area contributed by atoms with Crippen LogP contribution in [0.2, 0.25) is 5.02 Å². The van der Waals surface area contributed by atoms with Crippen LogP contribution in [0.5, 0.6) is 11.5 Å². The lowest BCUT2D eigenvalue weighted by molar-refractivity contribution is 0.405. The number of phenolic OH excluding ortho intramolecular Hbond substituents is 1. The third-order valence-electron chi connectivity index (χ3n) is 5.11. The van der Waals surface area contributed by atoms with Crippen molar-refractivity contribution in [2.24, 2.45) is 4.99 Å². The molecule has 4 rings (SSSR count). The van der Waals surface area contributed by atoms with Gasteiger partial charge >= 0.3 is 0 Å². The van der Waals surface area contributed by atoms with Crippen LogP contribution in [0.4, 0.5) is 5.69 Å². The minimum Gasteiger partial charge on any atom is -0.507 e. The topological polar surface area (TPSA) is 41.8 Å². The van der Waals surface area contributed by atoms with Gasteiger partial charge in [0.05, 0.1) is 23.4 Å². The summed E-state index contributed by atoms with van der Waals surface area (Å²) in [6.45, 7) is 3.97. The summed E-state index contributed by atoms with van der Waals surface area (Å²) in [5, 5.41) is 11.4. The van der Waals surface area contributed by atoms with Crippen molar-refractivity contribution in [3.05, 3.63) is 81.9 Å². The molecule has 0 spiro atoms. The zero-order valence-electron chi connectivity index (χ0n) is 16.6. The van der Waals surface area contributed by atoms with Gasteiger partial charge in [-0.25, -0.2) is 0 Å². The fourth-order valence-electron chi connectivity index (χ4n) is 3.46. The quantitative estimate of drug-likeness (QED) is 0.491. The molecule has 1 aliphatic rings. The smallest absolute Gasteiger partial charge is 0.134 e. The van der Waals surface area contributed by atoms with Crippen LogP contribution in [0.15, 0.2) is 64.5 Å². The summed E-state index contributed by atoms with van der Waals surface area (Å²) in [5.41, 5.74) is 5.61. The second-order valence-corrected chi connectivity index (χ2v) is 8.83. The van der Waals surface area contributed by atoms with Crippen molar-refractivity contribution in [2.75, 3.05) is 7.11 Å². The molecule has 0 aromatic heterocycles. The standard InChI is InChI=1S/C24H22ClNO2S/c1-14-7-9-16(10-8-14)23-13-20(17-12-18(25)15(2)11-21(17)27)26-19-5-4-6-22(28-3)24(19)29-23/h4-12,23,27H,13H2,1-3H3. The Morgan fingerprint density at radius 2 is 1.86 bits per heavy atom. The number of benzene rings is 3. The summed E-state index contributed by atoms with van der Waals surface area (Å²) < 4.78 is 5.61. The number of ether oxygens (including phenoxy) is 1. The highest BCUT2D eigenvalue weighted by molar-refractivity contribution is 7.99. The molecular formula is C24H22ClNO2S. The minimum atomic E-state index is 0.131. The molecule has 0 radical (unpaired) electrons. The number of methoxy groups -OCH3 is 1. The summed E-state index contributed by atoms with van der Waals surface area (Å²) in [6, 6.07) is 18.0. The van der Waals surface area contributed by atoms with Crippen LogP contribution < -0.4 is 4.74 Å². The maximum atomic E-state index is 10.6. The van der Waals surface area contributed by atoms with E-state index in [9.17, 15) is 5.11 Å². The van der Waals surface area contributed by atoms with E-state index in [0.29, 0.717) is 17.0 Å². The van der Waals surface area contributed by atoms with Gasteiger partial charge < -0.3 is 9.84 Å². The van der Waals surface area contributed by atoms with E-state index in [-0.39, 0.29) is 11.0 Å². The lowest BCUT2D eigenvalue weighted by Gasteiger charge is -2.18. The van der Waals surface area contributed by atoms with Crippen molar-refractivity contribution in [2.45, 2.75) is 30.4 Å². The minimum absolute atomic E-state index is 0.131. The average molecular weight is 424 g/mol. The van der Waals surface area contributed by atoms with Crippen molar-refractivity contribution >= 4 is 34.8 Å². The molecular weight excluding hydrogens is 402 g/mol. The van der Waals surface area contributed by atoms with E-state index in [1.807, 2.05) is 31.2 Å². The normalized spacial score (nSPS) is 16.0. The van der Waals surface area contributed by atoms with Gasteiger partial charge in [0.25, 0.3) is 0 Å². The first-order valence-electron chi connectivity index (χ1n) is 9.43. The van der Waals surface area contributed by atoms with E-state index < -0.39 is 0 Å². The Morgan fingerprint density at radius 3 is 2.59 bits per heavy atom. The summed E-state index contributed by atoms with van der Waals surface area (Å²) in [4.78, 5) is 5.95. The van der Waals surface area contributed by atoms with Gasteiger partial charge in [-0.3, -0.25) is 4.99 Å². The number of phenols is 1. The molecule has 0 saturated carbocycles. The Kier molecular flexibility index (Phi) is 5.57. The van der Waals surface area contributed by atoms with Gasteiger partial charge in [0.1, 0.15) is 11.5 Å². The summed E-state index contributed by atoms with van der Waals surface area (Å²) in [7, 11) is 1.68. The first kappa shape index (κ1) is 19.9. The Balaban J connectivity index is 1.88. The molecule has 1 unspecified atom stereocenters. The van der Waals surface area contributed by atoms with E-state index in [1.54, 1.807) is 24.9 Å². The maximum Gasteiger partial charge on any atom is 0.134 e. The van der Waals surface area contributed by atoms with Crippen molar-refractivity contribution in [1.82, 2.24) is 0 Å². The SMILES string of the molecule is COc1cccc2c1SC(c1ccc(C)cc1)CC(c1cc(Cl)c(C)cc1O)=N2. The monoisotopic (exact) mass is 423 g/mol. The molecule has 0 aliphatic carbocycles. The molecule has 3 aromatic rings. The Labute approximate surface area is 180 Å². The number of rotatable bonds is 3. The van der Waals surface area contributed by atoms with Crippen LogP contribution in [0.1, 0.15) is 33.9 Å². The summed E-state index contributed by atoms with van der Waals surface area (Å²) in [6.07, 6.45) is 0.665. The number of fused-ring (bicyclic) bond motifs is 1. The molecule has 3 nitrogen and oxygen atoms in total. The molecule has 3 aromatic carbocycles. The fourth-order valence-corrected chi connectivity index (χ4v) is 4.94. The maximum absolute atomic E-state index is 10.6. The molecule has 1 atom stereocenters. The Morgan fingerprint density at radius 1 is 1.10 bits per heavy atom. The van der Waals surface area contributed by atoms with Crippen LogP contribution in [-0.2, 0) is 0 Å². The lowest BCUT2D eigenvalue weighted by atomic mass is 9.99. The number of hydrogen-bond donors (Lipinski definition) is 1. The van der Waals surface area contributed by atoms with Crippen molar-refractivity contribution in [3.8, 4) is 11.5 Å². The highest BCUT2D eigenvalue weighted by Crippen LogP contribution is 2.50. The molecule has 0 fully saturated rings. The zero-order valence-corrected chi connectivity index (χ0v) is 18.1. The van der Waals surface area contributed by atoms with Crippen LogP contribution in [-0.4, -0.2) is 17.9 Å². The molecule has 0 amide bonds. The molecule has 0 bridgehead atoms. The summed E-state index contributed by atoms with van der Waals surface area (Å²) >= 11 is 8.12. The number of hydrogen-bond acceptors (Lipinski definition) is 4. The van der Waals surface area contributed by atoms with Gasteiger partial charge in [-0.1, -0.05) is 47.5 Å². The molecule has 1 aliphatic heterocycles. The van der Waals surface area contributed by atoms with Gasteiger partial charge in [-0.15, -0.1) is 11.8 Å². The van der Waals surface area contributed by atoms with Crippen molar-refractivity contribution < 1.29 is 9.84 Å². The first-order chi connectivity index (χ1) is 14.0. The average Bonchev–Trinajstić information content (AvgIpc) is 2.90. The van der Waals surface area contributed by atoms with E-state index in [0.717, 1.165) is 27.6 Å².